The molecule has 54 heavy (non-hydrogen) atoms. The quantitative estimate of drug-likeness (QED) is 0.0153. The van der Waals surface area contributed by atoms with Crippen molar-refractivity contribution in [1.29, 1.82) is 10.8 Å². The van der Waals surface area contributed by atoms with Gasteiger partial charge in [-0.05, 0) is 44.4 Å². The molecule has 0 aliphatic rings. The van der Waals surface area contributed by atoms with Crippen LogP contribution >= 0.6 is 11.6 Å². The highest BCUT2D eigenvalue weighted by Crippen LogP contribution is 2.13. The molecule has 0 heterocycles. The van der Waals surface area contributed by atoms with E-state index in [2.05, 4.69) is 38.8 Å². The maximum absolute atomic E-state index is 13.7. The summed E-state index contributed by atoms with van der Waals surface area (Å²) >= 11 is 5.60. The van der Waals surface area contributed by atoms with Crippen LogP contribution in [0.1, 0.15) is 117 Å². The number of guanidine groups is 2. The Bertz CT molecular complexity index is 1250. The number of nitrogens with one attached hydrogen (secondary N) is 8. The lowest BCUT2D eigenvalue weighted by Gasteiger charge is -2.29. The van der Waals surface area contributed by atoms with E-state index in [4.69, 9.17) is 33.9 Å². The van der Waals surface area contributed by atoms with Gasteiger partial charge < -0.3 is 48.5 Å². The summed E-state index contributed by atoms with van der Waals surface area (Å²) in [7, 11) is 0. The number of aliphatic carboxylic acids is 1. The Morgan fingerprint density at radius 1 is 0.648 bits per heavy atom. The number of unbranched alkanes of at least 4 members (excludes halogenated alkanes) is 6. The van der Waals surface area contributed by atoms with E-state index in [-0.39, 0.29) is 63.0 Å². The highest BCUT2D eigenvalue weighted by molar-refractivity contribution is 6.48. The number of carboxylic acid groups (broad SMARTS) is 1. The third-order valence-electron chi connectivity index (χ3n) is 8.73. The SMILES string of the molecule is CCCCCCCCCC(=O)N[C@@H](CCCNC(=N)N)C(=O)N[C@@H](CCC(=O)O)C(=O)N[C@H](C(=O)N[C@@H](CCCNC(=N)N)C(=O)C(=O)CCl)[C@@H](C)CC. The van der Waals surface area contributed by atoms with Gasteiger partial charge in [-0.15, -0.1) is 11.6 Å². The highest BCUT2D eigenvalue weighted by Gasteiger charge is 2.34. The molecule has 0 aromatic carbocycles. The molecule has 0 radical (unpaired) electrons. The van der Waals surface area contributed by atoms with Crippen LogP contribution in [0.15, 0.2) is 0 Å². The zero-order valence-corrected chi connectivity index (χ0v) is 32.7. The number of carbonyl (C=O) groups is 7. The molecule has 0 aliphatic carbocycles. The maximum Gasteiger partial charge on any atom is 0.303 e. The molecule has 308 valence electrons. The van der Waals surface area contributed by atoms with Gasteiger partial charge in [0, 0.05) is 25.9 Å². The summed E-state index contributed by atoms with van der Waals surface area (Å²) in [6, 6.07) is -5.10. The second kappa shape index (κ2) is 28.9. The molecule has 19 heteroatoms. The summed E-state index contributed by atoms with van der Waals surface area (Å²) in [6.45, 7) is 5.96. The van der Waals surface area contributed by atoms with Crippen LogP contribution in [-0.2, 0) is 33.6 Å². The number of hydrogen-bond acceptors (Lipinski definition) is 9. The second-order valence-electron chi connectivity index (χ2n) is 13.3. The number of nitrogens with two attached hydrogens (primary N) is 2. The fourth-order valence-electron chi connectivity index (χ4n) is 5.39. The Hall–Kier alpha value is -4.48. The van der Waals surface area contributed by atoms with Crippen LogP contribution < -0.4 is 43.4 Å². The summed E-state index contributed by atoms with van der Waals surface area (Å²) in [5, 5.41) is 39.6. The second-order valence-corrected chi connectivity index (χ2v) is 13.6. The summed E-state index contributed by atoms with van der Waals surface area (Å²) in [4.78, 5) is 90.3. The molecule has 4 amide bonds. The molecule has 0 unspecified atom stereocenters. The molecule has 0 aromatic rings. The molecular weight excluding hydrogens is 724 g/mol. The van der Waals surface area contributed by atoms with Gasteiger partial charge in [-0.25, -0.2) is 0 Å². The number of carbonyl (C=O) groups excluding carboxylic acids is 6. The first kappa shape index (κ1) is 49.5. The highest BCUT2D eigenvalue weighted by atomic mass is 35.5. The maximum atomic E-state index is 13.7. The van der Waals surface area contributed by atoms with E-state index in [0.717, 1.165) is 38.5 Å². The van der Waals surface area contributed by atoms with Crippen LogP contribution in [-0.4, -0.2) is 101 Å². The minimum Gasteiger partial charge on any atom is -0.481 e. The Morgan fingerprint density at radius 2 is 1.15 bits per heavy atom. The van der Waals surface area contributed by atoms with E-state index in [1.807, 2.05) is 0 Å². The van der Waals surface area contributed by atoms with Crippen LogP contribution in [0.3, 0.4) is 0 Å². The number of rotatable bonds is 31. The lowest BCUT2D eigenvalue weighted by Crippen LogP contribution is -2.59. The van der Waals surface area contributed by atoms with E-state index in [0.29, 0.717) is 19.3 Å². The van der Waals surface area contributed by atoms with E-state index >= 15 is 0 Å². The van der Waals surface area contributed by atoms with Crippen LogP contribution in [0.25, 0.3) is 0 Å². The molecule has 0 aliphatic heterocycles. The monoisotopic (exact) mass is 786 g/mol. The summed E-state index contributed by atoms with van der Waals surface area (Å²) < 4.78 is 0. The van der Waals surface area contributed by atoms with E-state index < -0.39 is 77.6 Å². The Balaban J connectivity index is 6.04. The molecule has 0 saturated carbocycles. The average Bonchev–Trinajstić information content (AvgIpc) is 3.12. The molecule has 13 N–H and O–H groups in total. The van der Waals surface area contributed by atoms with E-state index in [9.17, 15) is 38.7 Å². The van der Waals surface area contributed by atoms with Crippen molar-refractivity contribution in [2.24, 2.45) is 17.4 Å². The van der Waals surface area contributed by atoms with Crippen molar-refractivity contribution in [3.8, 4) is 0 Å². The minimum atomic E-state index is -1.43. The number of alkyl halides is 1. The summed E-state index contributed by atoms with van der Waals surface area (Å²) in [5.41, 5.74) is 10.6. The lowest BCUT2D eigenvalue weighted by atomic mass is 9.96. The van der Waals surface area contributed by atoms with Gasteiger partial charge >= 0.3 is 5.97 Å². The molecule has 0 saturated heterocycles. The zero-order valence-electron chi connectivity index (χ0n) is 32.0. The van der Waals surface area contributed by atoms with Crippen molar-refractivity contribution >= 4 is 64.7 Å². The number of carboxylic acids is 1. The third kappa shape index (κ3) is 22.6. The number of amides is 4. The summed E-state index contributed by atoms with van der Waals surface area (Å²) in [6.07, 6.45) is 7.33. The van der Waals surface area contributed by atoms with Gasteiger partial charge in [-0.2, -0.15) is 0 Å². The van der Waals surface area contributed by atoms with Gasteiger partial charge in [0.15, 0.2) is 11.9 Å². The standard InChI is InChI=1S/C35H63ClN10O8/c1-4-6-7-8-9-10-11-16-27(48)43-24(15-13-20-42-35(39)40)31(52)45-25(17-18-28(49)50)32(53)46-29(22(3)5-2)33(54)44-23(30(51)26(47)21-36)14-12-19-41-34(37)38/h22-25,29H,4-21H2,1-3H3,(H,43,48)(H,44,54)(H,45,52)(H,46,53)(H,49,50)(H4,37,38,41)(H4,39,40,42)/t22-,23-,24-,25-,29-/m0/s1. The van der Waals surface area contributed by atoms with Gasteiger partial charge in [-0.3, -0.25) is 44.4 Å². The van der Waals surface area contributed by atoms with E-state index in [1.165, 1.54) is 0 Å². The predicted molar refractivity (Wildman–Crippen MR) is 206 cm³/mol. The van der Waals surface area contributed by atoms with E-state index in [1.54, 1.807) is 13.8 Å². The summed E-state index contributed by atoms with van der Waals surface area (Å²) in [5.74, 6) is -7.58. The topological polar surface area (TPSA) is 312 Å². The smallest absolute Gasteiger partial charge is 0.303 e. The van der Waals surface area contributed by atoms with Crippen molar-refractivity contribution in [3.63, 3.8) is 0 Å². The first-order valence-corrected chi connectivity index (χ1v) is 19.3. The van der Waals surface area contributed by atoms with Crippen LogP contribution in [0, 0.1) is 16.7 Å². The average molecular weight is 787 g/mol. The van der Waals surface area contributed by atoms with Crippen LogP contribution in [0.2, 0.25) is 0 Å². The first-order valence-electron chi connectivity index (χ1n) is 18.8. The normalized spacial score (nSPS) is 13.6. The number of hydrogen-bond donors (Lipinski definition) is 11. The first-order chi connectivity index (χ1) is 25.6. The molecular formula is C35H63ClN10O8. The van der Waals surface area contributed by atoms with Crippen molar-refractivity contribution in [2.75, 3.05) is 19.0 Å². The molecule has 0 rings (SSSR count). The minimum absolute atomic E-state index is 0.0139. The largest absolute Gasteiger partial charge is 0.481 e. The molecule has 0 spiro atoms. The van der Waals surface area contributed by atoms with Gasteiger partial charge in [0.1, 0.15) is 18.1 Å². The van der Waals surface area contributed by atoms with Crippen molar-refractivity contribution < 1.29 is 38.7 Å². The Kier molecular flexibility index (Phi) is 26.5. The molecule has 5 atom stereocenters. The molecule has 0 aromatic heterocycles. The fourth-order valence-corrected chi connectivity index (χ4v) is 5.52. The van der Waals surface area contributed by atoms with Crippen LogP contribution in [0.5, 0.6) is 0 Å². The molecule has 18 nitrogen and oxygen atoms in total. The van der Waals surface area contributed by atoms with Crippen LogP contribution in [0.4, 0.5) is 0 Å². The zero-order chi connectivity index (χ0) is 41.1. The number of halogens is 1. The molecule has 0 fully saturated rings. The van der Waals surface area contributed by atoms with Gasteiger partial charge in [0.25, 0.3) is 0 Å². The van der Waals surface area contributed by atoms with Crippen molar-refractivity contribution in [2.45, 2.75) is 141 Å². The third-order valence-corrected chi connectivity index (χ3v) is 8.97. The lowest BCUT2D eigenvalue weighted by molar-refractivity contribution is -0.139. The van der Waals surface area contributed by atoms with Gasteiger partial charge in [0.2, 0.25) is 35.2 Å². The Morgan fingerprint density at radius 3 is 1.67 bits per heavy atom. The van der Waals surface area contributed by atoms with Gasteiger partial charge in [-0.1, -0.05) is 65.7 Å². The number of Topliss-reactive ketones (excluding diaryl/α,β-unsaturated/α-hetero) is 2. The van der Waals surface area contributed by atoms with Gasteiger partial charge in [0.05, 0.1) is 11.9 Å². The van der Waals surface area contributed by atoms with Crippen molar-refractivity contribution in [1.82, 2.24) is 31.9 Å². The predicted octanol–water partition coefficient (Wildman–Crippen LogP) is 0.881. The Labute approximate surface area is 323 Å². The molecule has 0 bridgehead atoms. The number of ketones is 2. The fraction of sp³-hybridized carbons (Fsp3) is 0.743. The van der Waals surface area contributed by atoms with Crippen molar-refractivity contribution in [3.05, 3.63) is 0 Å².